The third kappa shape index (κ3) is 2.11. The number of pyridine rings is 1. The van der Waals surface area contributed by atoms with Gasteiger partial charge in [-0.15, -0.1) is 0 Å². The van der Waals surface area contributed by atoms with E-state index in [1.165, 1.54) is 0 Å². The molecule has 1 N–H and O–H groups in total. The fraction of sp³-hybridized carbons (Fsp3) is 0.421. The largest absolute Gasteiger partial charge is 0.481 e. The molecule has 5 heteroatoms. The summed E-state index contributed by atoms with van der Waals surface area (Å²) in [5, 5.41) is 10.7. The highest BCUT2D eigenvalue weighted by molar-refractivity contribution is 6.03. The van der Waals surface area contributed by atoms with Gasteiger partial charge in [0, 0.05) is 11.9 Å². The fourth-order valence-electron chi connectivity index (χ4n) is 3.70. The van der Waals surface area contributed by atoms with Crippen LogP contribution in [0.15, 0.2) is 30.6 Å². The second-order valence-electron chi connectivity index (χ2n) is 7.18. The number of hydrogen-bond donors (Lipinski definition) is 1. The maximum atomic E-state index is 11.8. The molecule has 0 radical (unpaired) electrons. The molecule has 1 aliphatic carbocycles. The minimum atomic E-state index is -0.696. The average Bonchev–Trinajstić information content (AvgIpc) is 2.93. The molecular weight excluding hydrogens is 302 g/mol. The normalized spacial score (nSPS) is 16.6. The van der Waals surface area contributed by atoms with Crippen molar-refractivity contribution in [2.24, 2.45) is 5.41 Å². The first-order valence-corrected chi connectivity index (χ1v) is 8.49. The van der Waals surface area contributed by atoms with Crippen molar-refractivity contribution in [2.45, 2.75) is 45.6 Å². The minimum Gasteiger partial charge on any atom is -0.481 e. The van der Waals surface area contributed by atoms with Gasteiger partial charge >= 0.3 is 5.97 Å². The summed E-state index contributed by atoms with van der Waals surface area (Å²) >= 11 is 0. The van der Waals surface area contributed by atoms with E-state index in [4.69, 9.17) is 4.98 Å². The molecule has 2 heterocycles. The highest BCUT2D eigenvalue weighted by Crippen LogP contribution is 2.43. The van der Waals surface area contributed by atoms with Gasteiger partial charge in [-0.25, -0.2) is 4.98 Å². The Balaban J connectivity index is 1.96. The lowest BCUT2D eigenvalue weighted by molar-refractivity contribution is -0.155. The SMILES string of the molecule is CC(C)c1nc2ccccc2c2c1ncn2CC1(C(=O)O)CCC1. The third-order valence-corrected chi connectivity index (χ3v) is 5.26. The van der Waals surface area contributed by atoms with Crippen LogP contribution in [0.3, 0.4) is 0 Å². The molecule has 0 spiro atoms. The number of carbonyl (C=O) groups is 1. The molecule has 0 unspecified atom stereocenters. The fourth-order valence-corrected chi connectivity index (χ4v) is 3.70. The van der Waals surface area contributed by atoms with Crippen LogP contribution >= 0.6 is 0 Å². The second kappa shape index (κ2) is 5.30. The van der Waals surface area contributed by atoms with Crippen LogP contribution in [0.2, 0.25) is 0 Å². The van der Waals surface area contributed by atoms with E-state index in [0.29, 0.717) is 6.54 Å². The molecule has 24 heavy (non-hydrogen) atoms. The molecule has 3 aromatic rings. The summed E-state index contributed by atoms with van der Waals surface area (Å²) in [6.45, 7) is 4.70. The highest BCUT2D eigenvalue weighted by atomic mass is 16.4. The highest BCUT2D eigenvalue weighted by Gasteiger charge is 2.45. The molecule has 2 aromatic heterocycles. The van der Waals surface area contributed by atoms with Gasteiger partial charge in [0.2, 0.25) is 0 Å². The monoisotopic (exact) mass is 323 g/mol. The van der Waals surface area contributed by atoms with E-state index in [9.17, 15) is 9.90 Å². The van der Waals surface area contributed by atoms with E-state index in [0.717, 1.165) is 46.9 Å². The summed E-state index contributed by atoms with van der Waals surface area (Å²) in [7, 11) is 0. The molecule has 0 bridgehead atoms. The lowest BCUT2D eigenvalue weighted by atomic mass is 9.68. The Kier molecular flexibility index (Phi) is 3.34. The van der Waals surface area contributed by atoms with Crippen LogP contribution in [-0.4, -0.2) is 25.6 Å². The molecule has 1 saturated carbocycles. The predicted molar refractivity (Wildman–Crippen MR) is 93.0 cm³/mol. The minimum absolute atomic E-state index is 0.262. The lowest BCUT2D eigenvalue weighted by Gasteiger charge is -2.37. The Labute approximate surface area is 140 Å². The zero-order valence-electron chi connectivity index (χ0n) is 14.0. The topological polar surface area (TPSA) is 68.0 Å². The average molecular weight is 323 g/mol. The van der Waals surface area contributed by atoms with Crippen molar-refractivity contribution in [1.29, 1.82) is 0 Å². The smallest absolute Gasteiger partial charge is 0.311 e. The molecule has 4 rings (SSSR count). The maximum absolute atomic E-state index is 11.8. The van der Waals surface area contributed by atoms with Gasteiger partial charge in [-0.3, -0.25) is 9.78 Å². The summed E-state index contributed by atoms with van der Waals surface area (Å²) in [6, 6.07) is 8.03. The molecule has 1 aliphatic rings. The Morgan fingerprint density at radius 2 is 2.08 bits per heavy atom. The van der Waals surface area contributed by atoms with E-state index in [1.54, 1.807) is 6.33 Å². The molecule has 1 fully saturated rings. The van der Waals surface area contributed by atoms with E-state index in [2.05, 4.69) is 18.8 Å². The number of hydrogen-bond acceptors (Lipinski definition) is 3. The predicted octanol–water partition coefficient (Wildman–Crippen LogP) is 3.96. The van der Waals surface area contributed by atoms with Gasteiger partial charge in [-0.05, 0) is 24.8 Å². The third-order valence-electron chi connectivity index (χ3n) is 5.26. The van der Waals surface area contributed by atoms with Crippen LogP contribution in [0.25, 0.3) is 21.9 Å². The Hall–Kier alpha value is -2.43. The number of para-hydroxylation sites is 1. The van der Waals surface area contributed by atoms with Gasteiger partial charge in [0.05, 0.1) is 28.5 Å². The first-order chi connectivity index (χ1) is 11.5. The number of nitrogens with zero attached hydrogens (tertiary/aromatic N) is 3. The lowest BCUT2D eigenvalue weighted by Crippen LogP contribution is -2.41. The number of aromatic nitrogens is 3. The van der Waals surface area contributed by atoms with E-state index < -0.39 is 11.4 Å². The summed E-state index contributed by atoms with van der Waals surface area (Å²) < 4.78 is 2.03. The Morgan fingerprint density at radius 3 is 2.71 bits per heavy atom. The summed E-state index contributed by atoms with van der Waals surface area (Å²) in [5.41, 5.74) is 3.17. The molecular formula is C19H21N3O2. The van der Waals surface area contributed by atoms with Crippen molar-refractivity contribution in [2.75, 3.05) is 0 Å². The number of rotatable bonds is 4. The molecule has 5 nitrogen and oxygen atoms in total. The maximum Gasteiger partial charge on any atom is 0.311 e. The second-order valence-corrected chi connectivity index (χ2v) is 7.18. The van der Waals surface area contributed by atoms with E-state index in [1.807, 2.05) is 28.8 Å². The van der Waals surface area contributed by atoms with Crippen LogP contribution in [-0.2, 0) is 11.3 Å². The first-order valence-electron chi connectivity index (χ1n) is 8.49. The number of carboxylic acid groups (broad SMARTS) is 1. The van der Waals surface area contributed by atoms with Crippen molar-refractivity contribution < 1.29 is 9.90 Å². The molecule has 0 aliphatic heterocycles. The van der Waals surface area contributed by atoms with Crippen LogP contribution < -0.4 is 0 Å². The van der Waals surface area contributed by atoms with Crippen molar-refractivity contribution in [3.8, 4) is 0 Å². The number of aliphatic carboxylic acids is 1. The van der Waals surface area contributed by atoms with Crippen molar-refractivity contribution in [3.63, 3.8) is 0 Å². The summed E-state index contributed by atoms with van der Waals surface area (Å²) in [5.74, 6) is -0.435. The van der Waals surface area contributed by atoms with Crippen molar-refractivity contribution in [3.05, 3.63) is 36.3 Å². The molecule has 1 aromatic carbocycles. The van der Waals surface area contributed by atoms with Gasteiger partial charge in [-0.1, -0.05) is 38.5 Å². The van der Waals surface area contributed by atoms with Gasteiger partial charge in [0.1, 0.15) is 5.52 Å². The molecule has 0 amide bonds. The van der Waals surface area contributed by atoms with Crippen molar-refractivity contribution in [1.82, 2.24) is 14.5 Å². The van der Waals surface area contributed by atoms with Gasteiger partial charge < -0.3 is 9.67 Å². The van der Waals surface area contributed by atoms with Crippen LogP contribution in [0, 0.1) is 5.41 Å². The summed E-state index contributed by atoms with van der Waals surface area (Å²) in [6.07, 6.45) is 4.25. The number of carboxylic acids is 1. The summed E-state index contributed by atoms with van der Waals surface area (Å²) in [4.78, 5) is 21.1. The zero-order chi connectivity index (χ0) is 16.9. The number of fused-ring (bicyclic) bond motifs is 3. The zero-order valence-corrected chi connectivity index (χ0v) is 14.0. The standard InChI is InChI=1S/C19H21N3O2/c1-12(2)15-16-17(13-6-3-4-7-14(13)21-15)22(11-20-16)10-19(18(23)24)8-5-9-19/h3-4,6-7,11-12H,5,8-10H2,1-2H3,(H,23,24). The first kappa shape index (κ1) is 15.1. The molecule has 124 valence electrons. The quantitative estimate of drug-likeness (QED) is 0.789. The Morgan fingerprint density at radius 1 is 1.33 bits per heavy atom. The van der Waals surface area contributed by atoms with Crippen LogP contribution in [0.5, 0.6) is 0 Å². The van der Waals surface area contributed by atoms with Crippen molar-refractivity contribution >= 4 is 27.9 Å². The van der Waals surface area contributed by atoms with Gasteiger partial charge in [0.25, 0.3) is 0 Å². The van der Waals surface area contributed by atoms with Crippen LogP contribution in [0.4, 0.5) is 0 Å². The number of benzene rings is 1. The van der Waals surface area contributed by atoms with Crippen LogP contribution in [0.1, 0.15) is 44.7 Å². The van der Waals surface area contributed by atoms with E-state index >= 15 is 0 Å². The van der Waals surface area contributed by atoms with Gasteiger partial charge in [-0.2, -0.15) is 0 Å². The Bertz CT molecular complexity index is 938. The number of imidazole rings is 1. The van der Waals surface area contributed by atoms with E-state index in [-0.39, 0.29) is 5.92 Å². The van der Waals surface area contributed by atoms with Gasteiger partial charge in [0.15, 0.2) is 0 Å². The molecule has 0 atom stereocenters. The molecule has 0 saturated heterocycles.